The zero-order valence-corrected chi connectivity index (χ0v) is 13.3. The number of aromatic nitrogens is 4. The summed E-state index contributed by atoms with van der Waals surface area (Å²) in [6.45, 7) is 1.35. The molecular weight excluding hydrogens is 294 g/mol. The summed E-state index contributed by atoms with van der Waals surface area (Å²) >= 11 is 0. The first kappa shape index (κ1) is 14.4. The van der Waals surface area contributed by atoms with Gasteiger partial charge in [-0.25, -0.2) is 0 Å². The Kier molecular flexibility index (Phi) is 3.63. The molecule has 0 aromatic carbocycles. The van der Waals surface area contributed by atoms with Crippen molar-refractivity contribution in [2.45, 2.75) is 43.9 Å². The van der Waals surface area contributed by atoms with Crippen LogP contribution in [-0.4, -0.2) is 43.8 Å². The van der Waals surface area contributed by atoms with Crippen molar-refractivity contribution < 1.29 is 9.32 Å². The fraction of sp³-hybridized carbons (Fsp3) is 0.625. The molecule has 1 amide bonds. The van der Waals surface area contributed by atoms with Crippen LogP contribution in [0.2, 0.25) is 0 Å². The van der Waals surface area contributed by atoms with Gasteiger partial charge in [0.25, 0.3) is 5.91 Å². The molecular formula is C16H21N5O2. The second kappa shape index (κ2) is 5.79. The lowest BCUT2D eigenvalue weighted by Gasteiger charge is -2.15. The monoisotopic (exact) mass is 315 g/mol. The van der Waals surface area contributed by atoms with Crippen molar-refractivity contribution in [3.8, 4) is 0 Å². The molecule has 3 heterocycles. The normalized spacial score (nSPS) is 22.1. The average molecular weight is 315 g/mol. The van der Waals surface area contributed by atoms with Crippen LogP contribution >= 0.6 is 0 Å². The number of hydrogen-bond donors (Lipinski definition) is 0. The molecule has 1 saturated carbocycles. The van der Waals surface area contributed by atoms with Crippen molar-refractivity contribution in [2.24, 2.45) is 7.05 Å². The first-order valence-corrected chi connectivity index (χ1v) is 8.33. The molecule has 122 valence electrons. The maximum absolute atomic E-state index is 12.5. The van der Waals surface area contributed by atoms with Crippen LogP contribution in [0.15, 0.2) is 16.8 Å². The lowest BCUT2D eigenvalue weighted by Crippen LogP contribution is -2.30. The van der Waals surface area contributed by atoms with Gasteiger partial charge in [-0.05, 0) is 25.3 Å². The zero-order valence-electron chi connectivity index (χ0n) is 13.3. The maximum Gasteiger partial charge on any atom is 0.272 e. The van der Waals surface area contributed by atoms with Crippen LogP contribution in [0.4, 0.5) is 0 Å². The molecule has 23 heavy (non-hydrogen) atoms. The first-order valence-electron chi connectivity index (χ1n) is 8.33. The highest BCUT2D eigenvalue weighted by Crippen LogP contribution is 2.34. The molecule has 0 radical (unpaired) electrons. The van der Waals surface area contributed by atoms with E-state index in [1.54, 1.807) is 24.0 Å². The van der Waals surface area contributed by atoms with Gasteiger partial charge in [0.2, 0.25) is 5.89 Å². The summed E-state index contributed by atoms with van der Waals surface area (Å²) in [5.74, 6) is 2.17. The van der Waals surface area contributed by atoms with E-state index in [0.29, 0.717) is 24.0 Å². The predicted molar refractivity (Wildman–Crippen MR) is 82.0 cm³/mol. The van der Waals surface area contributed by atoms with Crippen LogP contribution in [0.3, 0.4) is 0 Å². The standard InChI is InChI=1S/C16H21N5O2/c1-20-13(6-8-17-20)16(22)21-9-7-12(10-21)15-18-14(19-23-15)11-4-2-3-5-11/h6,8,11-12H,2-5,7,9-10H2,1H3/t12-/m0/s1. The van der Waals surface area contributed by atoms with E-state index in [-0.39, 0.29) is 11.8 Å². The molecule has 0 bridgehead atoms. The van der Waals surface area contributed by atoms with E-state index in [1.165, 1.54) is 12.8 Å². The fourth-order valence-electron chi connectivity index (χ4n) is 3.65. The first-order chi connectivity index (χ1) is 11.2. The smallest absolute Gasteiger partial charge is 0.272 e. The van der Waals surface area contributed by atoms with Crippen molar-refractivity contribution >= 4 is 5.91 Å². The molecule has 2 aliphatic rings. The number of nitrogens with zero attached hydrogens (tertiary/aromatic N) is 5. The van der Waals surface area contributed by atoms with E-state index in [2.05, 4.69) is 15.2 Å². The summed E-state index contributed by atoms with van der Waals surface area (Å²) in [5, 5.41) is 8.24. The van der Waals surface area contributed by atoms with Crippen LogP contribution in [0, 0.1) is 0 Å². The molecule has 1 atom stereocenters. The number of rotatable bonds is 3. The number of hydrogen-bond acceptors (Lipinski definition) is 5. The molecule has 2 aromatic heterocycles. The highest BCUT2D eigenvalue weighted by Gasteiger charge is 2.33. The lowest BCUT2D eigenvalue weighted by molar-refractivity contribution is 0.0778. The molecule has 7 heteroatoms. The Bertz CT molecular complexity index is 701. The van der Waals surface area contributed by atoms with Crippen LogP contribution in [-0.2, 0) is 7.05 Å². The number of aryl methyl sites for hydroxylation is 1. The molecule has 1 saturated heterocycles. The van der Waals surface area contributed by atoms with E-state index < -0.39 is 0 Å². The Balaban J connectivity index is 1.44. The Morgan fingerprint density at radius 2 is 2.09 bits per heavy atom. The SMILES string of the molecule is Cn1nccc1C(=O)N1CC[C@H](c2nc(C3CCCC3)no2)C1. The molecule has 0 spiro atoms. The summed E-state index contributed by atoms with van der Waals surface area (Å²) < 4.78 is 7.10. The van der Waals surface area contributed by atoms with E-state index in [9.17, 15) is 4.79 Å². The van der Waals surface area contributed by atoms with Crippen molar-refractivity contribution in [3.63, 3.8) is 0 Å². The van der Waals surface area contributed by atoms with E-state index >= 15 is 0 Å². The quantitative estimate of drug-likeness (QED) is 0.866. The number of carbonyl (C=O) groups excluding carboxylic acids is 1. The second-order valence-corrected chi connectivity index (χ2v) is 6.55. The predicted octanol–water partition coefficient (Wildman–Crippen LogP) is 2.09. The molecule has 2 aromatic rings. The molecule has 1 aliphatic carbocycles. The summed E-state index contributed by atoms with van der Waals surface area (Å²) in [7, 11) is 1.78. The minimum absolute atomic E-state index is 0.0167. The van der Waals surface area contributed by atoms with Gasteiger partial charge in [-0.1, -0.05) is 18.0 Å². The minimum atomic E-state index is 0.0167. The topological polar surface area (TPSA) is 77.1 Å². The summed E-state index contributed by atoms with van der Waals surface area (Å²) in [6.07, 6.45) is 7.35. The Morgan fingerprint density at radius 1 is 1.26 bits per heavy atom. The van der Waals surface area contributed by atoms with Gasteiger partial charge in [-0.3, -0.25) is 9.48 Å². The minimum Gasteiger partial charge on any atom is -0.339 e. The van der Waals surface area contributed by atoms with E-state index in [0.717, 1.165) is 31.6 Å². The number of amides is 1. The van der Waals surface area contributed by atoms with Crippen LogP contribution in [0.25, 0.3) is 0 Å². The summed E-state index contributed by atoms with van der Waals surface area (Å²) in [6, 6.07) is 1.75. The molecule has 7 nitrogen and oxygen atoms in total. The van der Waals surface area contributed by atoms with Crippen molar-refractivity contribution in [3.05, 3.63) is 29.7 Å². The van der Waals surface area contributed by atoms with Gasteiger partial charge in [0, 0.05) is 32.3 Å². The Morgan fingerprint density at radius 3 is 2.83 bits per heavy atom. The van der Waals surface area contributed by atoms with Crippen molar-refractivity contribution in [1.29, 1.82) is 0 Å². The van der Waals surface area contributed by atoms with Gasteiger partial charge in [-0.2, -0.15) is 10.1 Å². The van der Waals surface area contributed by atoms with Crippen LogP contribution in [0.5, 0.6) is 0 Å². The van der Waals surface area contributed by atoms with Gasteiger partial charge in [-0.15, -0.1) is 0 Å². The molecule has 2 fully saturated rings. The van der Waals surface area contributed by atoms with Gasteiger partial charge in [0.1, 0.15) is 5.69 Å². The highest BCUT2D eigenvalue weighted by atomic mass is 16.5. The lowest BCUT2D eigenvalue weighted by atomic mass is 10.1. The average Bonchev–Trinajstić information content (AvgIpc) is 3.31. The van der Waals surface area contributed by atoms with Gasteiger partial charge >= 0.3 is 0 Å². The summed E-state index contributed by atoms with van der Waals surface area (Å²) in [4.78, 5) is 19.0. The summed E-state index contributed by atoms with van der Waals surface area (Å²) in [5.41, 5.74) is 0.614. The Labute approximate surface area is 134 Å². The van der Waals surface area contributed by atoms with Gasteiger partial charge in [0.15, 0.2) is 5.82 Å². The van der Waals surface area contributed by atoms with Crippen LogP contribution < -0.4 is 0 Å². The van der Waals surface area contributed by atoms with Crippen LogP contribution in [0.1, 0.15) is 66.1 Å². The molecule has 4 rings (SSSR count). The zero-order chi connectivity index (χ0) is 15.8. The van der Waals surface area contributed by atoms with Gasteiger partial charge in [0.05, 0.1) is 5.92 Å². The number of carbonyl (C=O) groups is 1. The Hall–Kier alpha value is -2.18. The second-order valence-electron chi connectivity index (χ2n) is 6.55. The molecule has 0 unspecified atom stereocenters. The maximum atomic E-state index is 12.5. The fourth-order valence-corrected chi connectivity index (χ4v) is 3.65. The largest absolute Gasteiger partial charge is 0.339 e. The third-order valence-electron chi connectivity index (χ3n) is 5.04. The molecule has 1 aliphatic heterocycles. The van der Waals surface area contributed by atoms with Gasteiger partial charge < -0.3 is 9.42 Å². The third kappa shape index (κ3) is 2.64. The molecule has 0 N–H and O–H groups in total. The van der Waals surface area contributed by atoms with E-state index in [1.807, 2.05) is 4.90 Å². The highest BCUT2D eigenvalue weighted by molar-refractivity contribution is 5.92. The third-order valence-corrected chi connectivity index (χ3v) is 5.04. The van der Waals surface area contributed by atoms with E-state index in [4.69, 9.17) is 4.52 Å². The van der Waals surface area contributed by atoms with Crippen molar-refractivity contribution in [1.82, 2.24) is 24.8 Å². The number of likely N-dealkylation sites (tertiary alicyclic amines) is 1. The van der Waals surface area contributed by atoms with Crippen molar-refractivity contribution in [2.75, 3.05) is 13.1 Å².